The van der Waals surface area contributed by atoms with Crippen LogP contribution < -0.4 is 9.47 Å². The Morgan fingerprint density at radius 1 is 1.03 bits per heavy atom. The van der Waals surface area contributed by atoms with Gasteiger partial charge in [-0.2, -0.15) is 0 Å². The average molecular weight is 476 g/mol. The van der Waals surface area contributed by atoms with Crippen molar-refractivity contribution in [1.29, 1.82) is 0 Å². The third kappa shape index (κ3) is 4.21. The van der Waals surface area contributed by atoms with Crippen LogP contribution >= 0.6 is 11.8 Å². The predicted molar refractivity (Wildman–Crippen MR) is 129 cm³/mol. The first kappa shape index (κ1) is 22.3. The molecule has 0 bridgehead atoms. The Kier molecular flexibility index (Phi) is 5.91. The first-order chi connectivity index (χ1) is 16.4. The smallest absolute Gasteiger partial charge is 0.277 e. The van der Waals surface area contributed by atoms with Crippen LogP contribution in [0.25, 0.3) is 5.69 Å². The summed E-state index contributed by atoms with van der Waals surface area (Å²) in [7, 11) is 0. The predicted octanol–water partition coefficient (Wildman–Crippen LogP) is 5.58. The Bertz CT molecular complexity index is 1370. The molecule has 0 saturated carbocycles. The van der Waals surface area contributed by atoms with Crippen molar-refractivity contribution < 1.29 is 18.7 Å². The van der Waals surface area contributed by atoms with E-state index in [-0.39, 0.29) is 18.1 Å². The molecule has 0 radical (unpaired) electrons. The van der Waals surface area contributed by atoms with Crippen LogP contribution in [0.5, 0.6) is 11.5 Å². The molecule has 4 aromatic rings. The zero-order chi connectivity index (χ0) is 23.8. The van der Waals surface area contributed by atoms with Gasteiger partial charge in [0.2, 0.25) is 6.10 Å². The summed E-state index contributed by atoms with van der Waals surface area (Å²) in [4.78, 5) is 13.0. The van der Waals surface area contributed by atoms with Crippen molar-refractivity contribution in [2.45, 2.75) is 39.0 Å². The molecule has 5 rings (SSSR count). The van der Waals surface area contributed by atoms with E-state index in [2.05, 4.69) is 46.8 Å². The van der Waals surface area contributed by atoms with E-state index in [1.54, 1.807) is 0 Å². The lowest BCUT2D eigenvalue weighted by molar-refractivity contribution is 0.0686. The SMILES string of the molecule is Cc1ccc(-n2c(C)cc(C(=O)CSc3nnc(C4COc5ccccc5O4)o3)c2C)cc1C. The lowest BCUT2D eigenvalue weighted by Gasteiger charge is -2.23. The van der Waals surface area contributed by atoms with E-state index in [4.69, 9.17) is 13.9 Å². The maximum atomic E-state index is 13.0. The molecule has 8 heteroatoms. The van der Waals surface area contributed by atoms with Gasteiger partial charge >= 0.3 is 0 Å². The van der Waals surface area contributed by atoms with Crippen LogP contribution in [-0.2, 0) is 0 Å². The van der Waals surface area contributed by atoms with Crippen molar-refractivity contribution in [1.82, 2.24) is 14.8 Å². The minimum absolute atomic E-state index is 0.0131. The number of para-hydroxylation sites is 2. The first-order valence-electron chi connectivity index (χ1n) is 11.0. The average Bonchev–Trinajstić information content (AvgIpc) is 3.43. The first-order valence-corrected chi connectivity index (χ1v) is 12.0. The maximum absolute atomic E-state index is 13.0. The quantitative estimate of drug-likeness (QED) is 0.266. The molecule has 0 spiro atoms. The number of benzene rings is 2. The molecule has 0 amide bonds. The Labute approximate surface area is 202 Å². The monoisotopic (exact) mass is 475 g/mol. The van der Waals surface area contributed by atoms with Gasteiger partial charge < -0.3 is 18.5 Å². The second-order valence-electron chi connectivity index (χ2n) is 8.37. The van der Waals surface area contributed by atoms with E-state index in [0.29, 0.717) is 28.2 Å². The molecule has 0 aliphatic carbocycles. The van der Waals surface area contributed by atoms with Crippen LogP contribution in [0.15, 0.2) is 58.2 Å². The molecule has 1 aliphatic heterocycles. The van der Waals surface area contributed by atoms with Crippen molar-refractivity contribution in [3.63, 3.8) is 0 Å². The number of ether oxygens (including phenoxy) is 2. The molecule has 1 aliphatic rings. The summed E-state index contributed by atoms with van der Waals surface area (Å²) in [5.74, 6) is 1.87. The lowest BCUT2D eigenvalue weighted by Crippen LogP contribution is -2.21. The standard InChI is InChI=1S/C26H25N3O4S/c1-15-9-10-19(11-16(15)2)29-17(3)12-20(18(29)4)21(30)14-34-26-28-27-25(33-26)24-13-31-22-7-5-6-8-23(22)32-24/h5-12,24H,13-14H2,1-4H3. The van der Waals surface area contributed by atoms with Gasteiger partial charge in [-0.1, -0.05) is 30.0 Å². The fraction of sp³-hybridized carbons (Fsp3) is 0.269. The largest absolute Gasteiger partial charge is 0.485 e. The number of carbonyl (C=O) groups excluding carboxylic acids is 1. The van der Waals surface area contributed by atoms with Gasteiger partial charge in [-0.3, -0.25) is 4.79 Å². The summed E-state index contributed by atoms with van der Waals surface area (Å²) >= 11 is 1.22. The van der Waals surface area contributed by atoms with Crippen molar-refractivity contribution in [2.75, 3.05) is 12.4 Å². The van der Waals surface area contributed by atoms with Crippen LogP contribution in [0.2, 0.25) is 0 Å². The van der Waals surface area contributed by atoms with Gasteiger partial charge in [-0.15, -0.1) is 10.2 Å². The Hall–Kier alpha value is -3.52. The second-order valence-corrected chi connectivity index (χ2v) is 9.30. The Morgan fingerprint density at radius 3 is 2.62 bits per heavy atom. The number of hydrogen-bond donors (Lipinski definition) is 0. The number of thioether (sulfide) groups is 1. The summed E-state index contributed by atoms with van der Waals surface area (Å²) in [5.41, 5.74) is 6.16. The van der Waals surface area contributed by atoms with Crippen LogP contribution in [0.1, 0.15) is 44.9 Å². The highest BCUT2D eigenvalue weighted by molar-refractivity contribution is 7.99. The molecule has 1 unspecified atom stereocenters. The van der Waals surface area contributed by atoms with Crippen molar-refractivity contribution in [3.8, 4) is 17.2 Å². The van der Waals surface area contributed by atoms with E-state index >= 15 is 0 Å². The highest BCUT2D eigenvalue weighted by atomic mass is 32.2. The van der Waals surface area contributed by atoms with Crippen molar-refractivity contribution in [2.24, 2.45) is 0 Å². The second kappa shape index (κ2) is 9.02. The third-order valence-corrected chi connectivity index (χ3v) is 6.83. The molecule has 0 fully saturated rings. The Balaban J connectivity index is 1.27. The fourth-order valence-corrected chi connectivity index (χ4v) is 4.72. The number of hydrogen-bond acceptors (Lipinski definition) is 7. The summed E-state index contributed by atoms with van der Waals surface area (Å²) in [6.07, 6.45) is -0.482. The molecule has 0 saturated heterocycles. The van der Waals surface area contributed by atoms with Gasteiger partial charge in [0.25, 0.3) is 11.1 Å². The molecular formula is C26H25N3O4S. The molecule has 34 heavy (non-hydrogen) atoms. The number of carbonyl (C=O) groups is 1. The zero-order valence-corrected chi connectivity index (χ0v) is 20.3. The number of ketones is 1. The molecule has 3 heterocycles. The van der Waals surface area contributed by atoms with Crippen LogP contribution in [0.4, 0.5) is 0 Å². The van der Waals surface area contributed by atoms with Crippen molar-refractivity contribution >= 4 is 17.5 Å². The number of aromatic nitrogens is 3. The van der Waals surface area contributed by atoms with Gasteiger partial charge in [0.1, 0.15) is 6.61 Å². The third-order valence-electron chi connectivity index (χ3n) is 6.01. The van der Waals surface area contributed by atoms with Gasteiger partial charge in [0, 0.05) is 22.6 Å². The highest BCUT2D eigenvalue weighted by Gasteiger charge is 2.27. The molecule has 0 N–H and O–H groups in total. The number of rotatable bonds is 6. The van der Waals surface area contributed by atoms with Crippen LogP contribution in [0, 0.1) is 27.7 Å². The number of fused-ring (bicyclic) bond motifs is 1. The fourth-order valence-electron chi connectivity index (χ4n) is 4.06. The van der Waals surface area contributed by atoms with Gasteiger partial charge in [0.05, 0.1) is 5.75 Å². The van der Waals surface area contributed by atoms with E-state index < -0.39 is 6.10 Å². The molecule has 174 valence electrons. The van der Waals surface area contributed by atoms with E-state index in [0.717, 1.165) is 17.1 Å². The van der Waals surface area contributed by atoms with E-state index in [1.807, 2.05) is 44.2 Å². The van der Waals surface area contributed by atoms with E-state index in [1.165, 1.54) is 22.9 Å². The number of nitrogens with zero attached hydrogens (tertiary/aromatic N) is 3. The summed E-state index contributed by atoms with van der Waals surface area (Å²) in [6, 6.07) is 15.7. The number of aryl methyl sites for hydroxylation is 3. The van der Waals surface area contributed by atoms with Gasteiger partial charge in [-0.05, 0) is 69.2 Å². The molecule has 2 aromatic heterocycles. The topological polar surface area (TPSA) is 79.4 Å². The summed E-state index contributed by atoms with van der Waals surface area (Å²) in [5, 5.41) is 8.50. The van der Waals surface area contributed by atoms with Gasteiger partial charge in [0.15, 0.2) is 17.3 Å². The minimum Gasteiger partial charge on any atom is -0.485 e. The molecule has 2 aromatic carbocycles. The molecule has 1 atom stereocenters. The summed E-state index contributed by atoms with van der Waals surface area (Å²) in [6.45, 7) is 8.46. The molecule has 7 nitrogen and oxygen atoms in total. The summed E-state index contributed by atoms with van der Waals surface area (Å²) < 4.78 is 19.5. The zero-order valence-electron chi connectivity index (χ0n) is 19.5. The molecular weight excluding hydrogens is 450 g/mol. The highest BCUT2D eigenvalue weighted by Crippen LogP contribution is 2.36. The normalized spacial score (nSPS) is 14.9. The Morgan fingerprint density at radius 2 is 1.82 bits per heavy atom. The van der Waals surface area contributed by atoms with Crippen LogP contribution in [0.3, 0.4) is 0 Å². The maximum Gasteiger partial charge on any atom is 0.277 e. The minimum atomic E-state index is -0.482. The lowest BCUT2D eigenvalue weighted by atomic mass is 10.1. The number of Topliss-reactive ketones (excluding diaryl/α,β-unsaturated/α-hetero) is 1. The van der Waals surface area contributed by atoms with Crippen molar-refractivity contribution in [3.05, 3.63) is 82.5 Å². The van der Waals surface area contributed by atoms with E-state index in [9.17, 15) is 4.79 Å². The van der Waals surface area contributed by atoms with Crippen LogP contribution in [-0.4, -0.2) is 32.9 Å². The van der Waals surface area contributed by atoms with Gasteiger partial charge in [-0.25, -0.2) is 0 Å².